The van der Waals surface area contributed by atoms with Crippen LogP contribution in [-0.4, -0.2) is 12.6 Å². The molecule has 2 aliphatic rings. The summed E-state index contributed by atoms with van der Waals surface area (Å²) in [5.74, 6) is 1.53. The second-order valence-corrected chi connectivity index (χ2v) is 3.07. The fourth-order valence-electron chi connectivity index (χ4n) is 1.81. The average Bonchev–Trinajstić information content (AvgIpc) is 2.34. The topological polar surface area (TPSA) is 26.3 Å². The molecule has 0 bridgehead atoms. The molecule has 0 aromatic carbocycles. The van der Waals surface area contributed by atoms with E-state index in [-0.39, 0.29) is 5.97 Å². The number of carbonyl (C=O) groups is 1. The van der Waals surface area contributed by atoms with E-state index >= 15 is 0 Å². The molecular formula is C8H11O2. The quantitative estimate of drug-likeness (QED) is 0.473. The molecular weight excluding hydrogens is 128 g/mol. The van der Waals surface area contributed by atoms with Crippen LogP contribution in [-0.2, 0) is 9.53 Å². The Labute approximate surface area is 60.6 Å². The van der Waals surface area contributed by atoms with E-state index in [0.717, 1.165) is 12.3 Å². The minimum absolute atomic E-state index is 0.0234. The first-order valence-electron chi connectivity index (χ1n) is 3.91. The van der Waals surface area contributed by atoms with Gasteiger partial charge in [0.15, 0.2) is 0 Å². The first-order chi connectivity index (χ1) is 4.88. The molecule has 0 N–H and O–H groups in total. The summed E-state index contributed by atoms with van der Waals surface area (Å²) in [6.07, 6.45) is 4.61. The summed E-state index contributed by atoms with van der Waals surface area (Å²) in [5, 5.41) is 0. The molecule has 1 radical (unpaired) electrons. The highest BCUT2D eigenvalue weighted by atomic mass is 16.5. The smallest absolute Gasteiger partial charge is 0.313 e. The first kappa shape index (κ1) is 6.20. The summed E-state index contributed by atoms with van der Waals surface area (Å²) in [6, 6.07) is 0. The van der Waals surface area contributed by atoms with Gasteiger partial charge in [-0.1, -0.05) is 12.8 Å². The Morgan fingerprint density at radius 2 is 2.30 bits per heavy atom. The van der Waals surface area contributed by atoms with Crippen LogP contribution in [0.15, 0.2) is 0 Å². The zero-order chi connectivity index (χ0) is 6.97. The average molecular weight is 139 g/mol. The predicted molar refractivity (Wildman–Crippen MR) is 36.2 cm³/mol. The van der Waals surface area contributed by atoms with Crippen LogP contribution in [0.25, 0.3) is 0 Å². The third-order valence-corrected chi connectivity index (χ3v) is 2.42. The van der Waals surface area contributed by atoms with Crippen LogP contribution < -0.4 is 0 Å². The third kappa shape index (κ3) is 0.825. The van der Waals surface area contributed by atoms with Crippen molar-refractivity contribution in [2.45, 2.75) is 25.7 Å². The molecule has 1 unspecified atom stereocenters. The lowest BCUT2D eigenvalue weighted by Crippen LogP contribution is -2.17. The van der Waals surface area contributed by atoms with Crippen LogP contribution in [0.1, 0.15) is 25.7 Å². The van der Waals surface area contributed by atoms with Gasteiger partial charge in [0.2, 0.25) is 0 Å². The molecule has 2 rings (SSSR count). The molecule has 2 nitrogen and oxygen atoms in total. The van der Waals surface area contributed by atoms with Gasteiger partial charge in [-0.25, -0.2) is 0 Å². The highest BCUT2D eigenvalue weighted by Gasteiger charge is 2.38. The maximum Gasteiger partial charge on any atom is 0.313 e. The lowest BCUT2D eigenvalue weighted by molar-refractivity contribution is -0.136. The number of cyclic esters (lactones) is 1. The second kappa shape index (κ2) is 2.26. The maximum absolute atomic E-state index is 10.9. The van der Waals surface area contributed by atoms with Gasteiger partial charge in [0, 0.05) is 5.92 Å². The van der Waals surface area contributed by atoms with Crippen LogP contribution >= 0.6 is 0 Å². The molecule has 0 aromatic heterocycles. The van der Waals surface area contributed by atoms with Crippen molar-refractivity contribution in [1.82, 2.24) is 0 Å². The van der Waals surface area contributed by atoms with E-state index < -0.39 is 0 Å². The van der Waals surface area contributed by atoms with Crippen LogP contribution in [0.4, 0.5) is 0 Å². The number of ether oxygens (including phenoxy) is 1. The van der Waals surface area contributed by atoms with Gasteiger partial charge in [-0.3, -0.25) is 4.79 Å². The van der Waals surface area contributed by atoms with E-state index in [1.807, 2.05) is 0 Å². The Balaban J connectivity index is 2.08. The first-order valence-corrected chi connectivity index (χ1v) is 3.91. The number of carbonyl (C=O) groups excluding carboxylic acids is 1. The van der Waals surface area contributed by atoms with Crippen LogP contribution in [0, 0.1) is 11.8 Å². The minimum atomic E-state index is -0.0234. The molecule has 10 heavy (non-hydrogen) atoms. The lowest BCUT2D eigenvalue weighted by Gasteiger charge is -2.18. The molecule has 1 saturated carbocycles. The van der Waals surface area contributed by atoms with Gasteiger partial charge in [-0.2, -0.15) is 0 Å². The normalized spacial score (nSPS) is 33.6. The van der Waals surface area contributed by atoms with Gasteiger partial charge in [-0.15, -0.1) is 0 Å². The van der Waals surface area contributed by atoms with E-state index in [0.29, 0.717) is 12.5 Å². The Bertz CT molecular complexity index is 153. The van der Waals surface area contributed by atoms with E-state index in [1.54, 1.807) is 0 Å². The molecule has 0 spiro atoms. The molecule has 1 heterocycles. The van der Waals surface area contributed by atoms with Crippen molar-refractivity contribution < 1.29 is 9.53 Å². The van der Waals surface area contributed by atoms with Crippen molar-refractivity contribution in [1.29, 1.82) is 0 Å². The number of hydrogen-bond acceptors (Lipinski definition) is 2. The molecule has 2 fully saturated rings. The zero-order valence-corrected chi connectivity index (χ0v) is 5.93. The summed E-state index contributed by atoms with van der Waals surface area (Å²) in [4.78, 5) is 10.9. The Morgan fingerprint density at radius 1 is 1.40 bits per heavy atom. The monoisotopic (exact) mass is 139 g/mol. The number of rotatable bonds is 0. The largest absolute Gasteiger partial charge is 0.465 e. The molecule has 2 heteroatoms. The van der Waals surface area contributed by atoms with Gasteiger partial charge in [-0.05, 0) is 12.8 Å². The molecule has 0 amide bonds. The second-order valence-electron chi connectivity index (χ2n) is 3.07. The fourth-order valence-corrected chi connectivity index (χ4v) is 1.81. The maximum atomic E-state index is 10.9. The standard InChI is InChI=1S/C8H11O2/c9-8-7-4-2-1-3-6(7)5-10-8/h6H,1-5H2. The summed E-state index contributed by atoms with van der Waals surface area (Å²) in [7, 11) is 0. The van der Waals surface area contributed by atoms with Gasteiger partial charge in [0.05, 0.1) is 12.5 Å². The molecule has 55 valence electrons. The van der Waals surface area contributed by atoms with Crippen molar-refractivity contribution in [3.05, 3.63) is 5.92 Å². The van der Waals surface area contributed by atoms with Crippen molar-refractivity contribution in [2.24, 2.45) is 5.92 Å². The Kier molecular flexibility index (Phi) is 1.40. The SMILES string of the molecule is O=C1OCC2CCCC[C]12. The van der Waals surface area contributed by atoms with Crippen molar-refractivity contribution in [2.75, 3.05) is 6.61 Å². The lowest BCUT2D eigenvalue weighted by atomic mass is 9.81. The van der Waals surface area contributed by atoms with Gasteiger partial charge in [0.1, 0.15) is 0 Å². The Morgan fingerprint density at radius 3 is 3.10 bits per heavy atom. The third-order valence-electron chi connectivity index (χ3n) is 2.42. The van der Waals surface area contributed by atoms with Crippen molar-refractivity contribution in [3.63, 3.8) is 0 Å². The van der Waals surface area contributed by atoms with Crippen molar-refractivity contribution in [3.8, 4) is 0 Å². The number of esters is 1. The number of hydrogen-bond donors (Lipinski definition) is 0. The van der Waals surface area contributed by atoms with E-state index in [2.05, 4.69) is 0 Å². The van der Waals surface area contributed by atoms with E-state index in [9.17, 15) is 4.79 Å². The van der Waals surface area contributed by atoms with Gasteiger partial charge < -0.3 is 4.74 Å². The predicted octanol–water partition coefficient (Wildman–Crippen LogP) is 1.31. The fraction of sp³-hybridized carbons (Fsp3) is 0.750. The van der Waals surface area contributed by atoms with E-state index in [4.69, 9.17) is 4.74 Å². The van der Waals surface area contributed by atoms with Gasteiger partial charge >= 0.3 is 5.97 Å². The highest BCUT2D eigenvalue weighted by molar-refractivity contribution is 5.87. The van der Waals surface area contributed by atoms with Crippen LogP contribution in [0.5, 0.6) is 0 Å². The highest BCUT2D eigenvalue weighted by Crippen LogP contribution is 2.36. The molecule has 1 atom stereocenters. The molecule has 0 aromatic rings. The number of fused-ring (bicyclic) bond motifs is 1. The molecule has 1 aliphatic heterocycles. The molecule has 1 saturated heterocycles. The summed E-state index contributed by atoms with van der Waals surface area (Å²) in [5.41, 5.74) is 0. The summed E-state index contributed by atoms with van der Waals surface area (Å²) in [6.45, 7) is 0.661. The Hall–Kier alpha value is -0.530. The minimum Gasteiger partial charge on any atom is -0.465 e. The van der Waals surface area contributed by atoms with E-state index in [1.165, 1.54) is 19.3 Å². The van der Waals surface area contributed by atoms with Crippen LogP contribution in [0.3, 0.4) is 0 Å². The van der Waals surface area contributed by atoms with Crippen molar-refractivity contribution >= 4 is 5.97 Å². The van der Waals surface area contributed by atoms with Crippen LogP contribution in [0.2, 0.25) is 0 Å². The summed E-state index contributed by atoms with van der Waals surface area (Å²) < 4.78 is 4.92. The van der Waals surface area contributed by atoms with Gasteiger partial charge in [0.25, 0.3) is 0 Å². The zero-order valence-electron chi connectivity index (χ0n) is 5.93. The molecule has 1 aliphatic carbocycles. The summed E-state index contributed by atoms with van der Waals surface area (Å²) >= 11 is 0.